The second-order valence-electron chi connectivity index (χ2n) is 7.79. The van der Waals surface area contributed by atoms with Crippen LogP contribution in [0.15, 0.2) is 42.5 Å². The Hall–Kier alpha value is -3.02. The summed E-state index contributed by atoms with van der Waals surface area (Å²) < 4.78 is 17.4. The van der Waals surface area contributed by atoms with Crippen LogP contribution in [0.2, 0.25) is 0 Å². The highest BCUT2D eigenvalue weighted by atomic mass is 16.5. The van der Waals surface area contributed by atoms with Crippen molar-refractivity contribution < 1.29 is 23.8 Å². The van der Waals surface area contributed by atoms with Gasteiger partial charge in [-0.1, -0.05) is 18.2 Å². The zero-order valence-corrected chi connectivity index (χ0v) is 17.4. The first kappa shape index (κ1) is 20.3. The van der Waals surface area contributed by atoms with Crippen molar-refractivity contribution in [2.24, 2.45) is 0 Å². The molecular weight excluding hydrogens is 382 g/mol. The highest BCUT2D eigenvalue weighted by Gasteiger charge is 2.34. The number of carbonyl (C=O) groups is 2. The molecule has 4 rings (SSSR count). The molecule has 0 saturated carbocycles. The smallest absolute Gasteiger partial charge is 0.263 e. The molecule has 1 saturated heterocycles. The number of Topliss-reactive ketones (excluding diaryl/α,β-unsaturated/α-hetero) is 1. The SMILES string of the molecule is CC(=O)c1cccc(O[C@H](C)C(=O)N2CCC[C@@H]2c2ccc3c(c2)OCCCO3)c1. The van der Waals surface area contributed by atoms with Gasteiger partial charge in [-0.2, -0.15) is 0 Å². The first-order valence-electron chi connectivity index (χ1n) is 10.5. The zero-order valence-electron chi connectivity index (χ0n) is 17.4. The van der Waals surface area contributed by atoms with Crippen molar-refractivity contribution in [3.63, 3.8) is 0 Å². The van der Waals surface area contributed by atoms with Crippen LogP contribution in [0.4, 0.5) is 0 Å². The minimum Gasteiger partial charge on any atom is -0.490 e. The van der Waals surface area contributed by atoms with Crippen molar-refractivity contribution in [1.29, 1.82) is 0 Å². The van der Waals surface area contributed by atoms with Crippen molar-refractivity contribution in [1.82, 2.24) is 4.90 Å². The second kappa shape index (κ2) is 8.78. The van der Waals surface area contributed by atoms with E-state index < -0.39 is 6.10 Å². The fourth-order valence-corrected chi connectivity index (χ4v) is 4.04. The fraction of sp³-hybridized carbons (Fsp3) is 0.417. The third-order valence-corrected chi connectivity index (χ3v) is 5.59. The van der Waals surface area contributed by atoms with Crippen LogP contribution in [0.1, 0.15) is 55.1 Å². The number of amides is 1. The average molecular weight is 409 g/mol. The van der Waals surface area contributed by atoms with Crippen LogP contribution in [-0.4, -0.2) is 42.5 Å². The summed E-state index contributed by atoms with van der Waals surface area (Å²) in [5.74, 6) is 1.94. The van der Waals surface area contributed by atoms with E-state index in [0.717, 1.165) is 36.3 Å². The van der Waals surface area contributed by atoms with Crippen LogP contribution in [0, 0.1) is 0 Å². The third kappa shape index (κ3) is 4.27. The summed E-state index contributed by atoms with van der Waals surface area (Å²) in [5.41, 5.74) is 1.62. The molecule has 0 radical (unpaired) electrons. The molecular formula is C24H27NO5. The lowest BCUT2D eigenvalue weighted by Gasteiger charge is -2.28. The number of ether oxygens (including phenoxy) is 3. The minimum atomic E-state index is -0.645. The number of carbonyl (C=O) groups excluding carboxylic acids is 2. The number of hydrogen-bond donors (Lipinski definition) is 0. The van der Waals surface area contributed by atoms with Crippen molar-refractivity contribution in [3.8, 4) is 17.2 Å². The van der Waals surface area contributed by atoms with Crippen LogP contribution < -0.4 is 14.2 Å². The lowest BCUT2D eigenvalue weighted by atomic mass is 10.0. The van der Waals surface area contributed by atoms with E-state index in [-0.39, 0.29) is 17.7 Å². The summed E-state index contributed by atoms with van der Waals surface area (Å²) >= 11 is 0. The molecule has 158 valence electrons. The van der Waals surface area contributed by atoms with E-state index in [1.165, 1.54) is 6.92 Å². The normalized spacial score (nSPS) is 19.1. The summed E-state index contributed by atoms with van der Waals surface area (Å²) in [6.07, 6.45) is 2.06. The summed E-state index contributed by atoms with van der Waals surface area (Å²) in [7, 11) is 0. The Bertz CT molecular complexity index is 941. The van der Waals surface area contributed by atoms with Crippen LogP contribution in [0.5, 0.6) is 17.2 Å². The maximum absolute atomic E-state index is 13.2. The number of ketones is 1. The average Bonchev–Trinajstić information content (AvgIpc) is 3.11. The Labute approximate surface area is 176 Å². The van der Waals surface area contributed by atoms with E-state index in [9.17, 15) is 9.59 Å². The van der Waals surface area contributed by atoms with E-state index in [2.05, 4.69) is 0 Å². The Morgan fingerprint density at radius 3 is 2.67 bits per heavy atom. The standard InChI is InChI=1S/C24H27NO5/c1-16(26)18-6-3-7-20(14-18)30-17(2)24(27)25-11-4-8-21(25)19-9-10-22-23(15-19)29-13-5-12-28-22/h3,6-7,9-10,14-15,17,21H,4-5,8,11-13H2,1-2H3/t17-,21-/m1/s1. The minimum absolute atomic E-state index is 0.00995. The highest BCUT2D eigenvalue weighted by molar-refractivity contribution is 5.94. The zero-order chi connectivity index (χ0) is 21.1. The summed E-state index contributed by atoms with van der Waals surface area (Å²) in [5, 5.41) is 0. The van der Waals surface area contributed by atoms with Gasteiger partial charge in [0.05, 0.1) is 19.3 Å². The summed E-state index contributed by atoms with van der Waals surface area (Å²) in [6.45, 7) is 5.25. The van der Waals surface area contributed by atoms with Crippen LogP contribution >= 0.6 is 0 Å². The van der Waals surface area contributed by atoms with Gasteiger partial charge in [0.15, 0.2) is 23.4 Å². The predicted octanol–water partition coefficient (Wildman–Crippen LogP) is 4.18. The first-order valence-corrected chi connectivity index (χ1v) is 10.5. The van der Waals surface area contributed by atoms with Gasteiger partial charge < -0.3 is 19.1 Å². The molecule has 0 aliphatic carbocycles. The maximum atomic E-state index is 13.2. The van der Waals surface area contributed by atoms with Crippen LogP contribution in [-0.2, 0) is 4.79 Å². The molecule has 1 fully saturated rings. The molecule has 2 aromatic rings. The maximum Gasteiger partial charge on any atom is 0.263 e. The molecule has 0 N–H and O–H groups in total. The van der Waals surface area contributed by atoms with Gasteiger partial charge in [0.1, 0.15) is 5.75 Å². The van der Waals surface area contributed by atoms with E-state index in [0.29, 0.717) is 31.1 Å². The van der Waals surface area contributed by atoms with Gasteiger partial charge in [0, 0.05) is 18.5 Å². The van der Waals surface area contributed by atoms with E-state index in [1.54, 1.807) is 31.2 Å². The summed E-state index contributed by atoms with van der Waals surface area (Å²) in [6, 6.07) is 12.9. The Kier molecular flexibility index (Phi) is 5.93. The van der Waals surface area contributed by atoms with Gasteiger partial charge in [-0.25, -0.2) is 0 Å². The second-order valence-corrected chi connectivity index (χ2v) is 7.79. The quantitative estimate of drug-likeness (QED) is 0.693. The van der Waals surface area contributed by atoms with E-state index in [1.807, 2.05) is 23.1 Å². The van der Waals surface area contributed by atoms with Crippen molar-refractivity contribution in [2.75, 3.05) is 19.8 Å². The molecule has 6 heteroatoms. The third-order valence-electron chi connectivity index (χ3n) is 5.59. The van der Waals surface area contributed by atoms with Crippen LogP contribution in [0.25, 0.3) is 0 Å². The number of rotatable bonds is 5. The molecule has 2 atom stereocenters. The topological polar surface area (TPSA) is 65.1 Å². The van der Waals surface area contributed by atoms with Gasteiger partial charge in [-0.3, -0.25) is 9.59 Å². The largest absolute Gasteiger partial charge is 0.490 e. The number of likely N-dealkylation sites (tertiary alicyclic amines) is 1. The number of nitrogens with zero attached hydrogens (tertiary/aromatic N) is 1. The highest BCUT2D eigenvalue weighted by Crippen LogP contribution is 2.38. The van der Waals surface area contributed by atoms with E-state index in [4.69, 9.17) is 14.2 Å². The predicted molar refractivity (Wildman–Crippen MR) is 112 cm³/mol. The van der Waals surface area contributed by atoms with Crippen molar-refractivity contribution in [2.45, 2.75) is 45.3 Å². The van der Waals surface area contributed by atoms with Gasteiger partial charge in [-0.05, 0) is 56.5 Å². The van der Waals surface area contributed by atoms with Crippen LogP contribution in [0.3, 0.4) is 0 Å². The Morgan fingerprint density at radius 2 is 1.87 bits per heavy atom. The first-order chi connectivity index (χ1) is 14.5. The molecule has 30 heavy (non-hydrogen) atoms. The fourth-order valence-electron chi connectivity index (χ4n) is 4.04. The van der Waals surface area contributed by atoms with Gasteiger partial charge in [-0.15, -0.1) is 0 Å². The van der Waals surface area contributed by atoms with Gasteiger partial charge in [0.25, 0.3) is 5.91 Å². The molecule has 0 unspecified atom stereocenters. The number of benzene rings is 2. The number of hydrogen-bond acceptors (Lipinski definition) is 5. The Morgan fingerprint density at radius 1 is 1.07 bits per heavy atom. The summed E-state index contributed by atoms with van der Waals surface area (Å²) in [4.78, 5) is 26.7. The van der Waals surface area contributed by atoms with Gasteiger partial charge >= 0.3 is 0 Å². The lowest BCUT2D eigenvalue weighted by molar-refractivity contribution is -0.138. The van der Waals surface area contributed by atoms with Crippen molar-refractivity contribution in [3.05, 3.63) is 53.6 Å². The molecule has 0 bridgehead atoms. The monoisotopic (exact) mass is 409 g/mol. The molecule has 2 aliphatic heterocycles. The molecule has 2 aromatic carbocycles. The molecule has 2 aliphatic rings. The van der Waals surface area contributed by atoms with Gasteiger partial charge in [0.2, 0.25) is 0 Å². The molecule has 0 aromatic heterocycles. The number of fused-ring (bicyclic) bond motifs is 1. The molecule has 2 heterocycles. The lowest BCUT2D eigenvalue weighted by Crippen LogP contribution is -2.40. The Balaban J connectivity index is 1.49. The molecule has 6 nitrogen and oxygen atoms in total. The molecule has 0 spiro atoms. The molecule has 1 amide bonds. The van der Waals surface area contributed by atoms with Crippen molar-refractivity contribution >= 4 is 11.7 Å². The van der Waals surface area contributed by atoms with E-state index >= 15 is 0 Å².